The minimum Gasteiger partial charge on any atom is -0.544 e. The number of hydrogen-bond acceptors (Lipinski definition) is 7. The van der Waals surface area contributed by atoms with Gasteiger partial charge in [0, 0.05) is 42.9 Å². The molecule has 0 N–H and O–H groups in total. The summed E-state index contributed by atoms with van der Waals surface area (Å²) in [6.07, 6.45) is 1.25. The molecule has 4 saturated carbocycles. The second kappa shape index (κ2) is 10.2. The molecule has 0 aromatic heterocycles. The van der Waals surface area contributed by atoms with Crippen molar-refractivity contribution in [2.24, 2.45) is 50.2 Å². The zero-order valence-corrected chi connectivity index (χ0v) is 27.3. The maximum atomic E-state index is 14.5. The van der Waals surface area contributed by atoms with E-state index in [9.17, 15) is 37.9 Å². The highest BCUT2D eigenvalue weighted by Gasteiger charge is 2.81. The largest absolute Gasteiger partial charge is 0.544 e. The molecule has 0 heterocycles. The highest BCUT2D eigenvalue weighted by molar-refractivity contribution is 5.97. The van der Waals surface area contributed by atoms with Crippen molar-refractivity contribution in [2.75, 3.05) is 0 Å². The van der Waals surface area contributed by atoms with E-state index in [0.29, 0.717) is 38.5 Å². The maximum Gasteiger partial charge on any atom is 0.323 e. The number of halogens is 2. The summed E-state index contributed by atoms with van der Waals surface area (Å²) in [5, 5.41) is 11.0. The molecule has 0 saturated heterocycles. The van der Waals surface area contributed by atoms with Crippen molar-refractivity contribution in [2.45, 2.75) is 132 Å². The topological polar surface area (TPSA) is 118 Å². The number of ether oxygens (including phenoxy) is 1. The molecule has 43 heavy (non-hydrogen) atoms. The minimum atomic E-state index is -4.32. The minimum absolute atomic E-state index is 0.107. The van der Waals surface area contributed by atoms with Crippen molar-refractivity contribution >= 4 is 29.3 Å². The number of ketones is 3. The second-order valence-corrected chi connectivity index (χ2v) is 16.0. The van der Waals surface area contributed by atoms with Gasteiger partial charge in [-0.2, -0.15) is 8.78 Å². The van der Waals surface area contributed by atoms with Gasteiger partial charge in [-0.1, -0.05) is 62.3 Å². The molecule has 3 unspecified atom stereocenters. The SMILES string of the molecule is CC(C)C(OC(=O)CCC(C)[C@H]1CCC2(C)[C@]3(C)C(=O)C[C@]4(C)CC(=O)CC[C@]4(C)[C@@]3(C)CC(=O)[C@]12C)C(F)(F)C(=O)[O-]. The fraction of sp³-hybridized carbons (Fsp3) is 0.853. The number of alkyl halides is 2. The molecule has 0 bridgehead atoms. The van der Waals surface area contributed by atoms with E-state index in [2.05, 4.69) is 34.6 Å². The summed E-state index contributed by atoms with van der Waals surface area (Å²) in [4.78, 5) is 65.3. The molecule has 9 atom stereocenters. The monoisotopic (exact) mass is 607 g/mol. The first-order valence-corrected chi connectivity index (χ1v) is 15.9. The second-order valence-electron chi connectivity index (χ2n) is 16.0. The Bertz CT molecular complexity index is 1240. The van der Waals surface area contributed by atoms with Crippen molar-refractivity contribution in [3.8, 4) is 0 Å². The van der Waals surface area contributed by atoms with Gasteiger partial charge in [0.2, 0.25) is 0 Å². The smallest absolute Gasteiger partial charge is 0.323 e. The Balaban J connectivity index is 1.61. The molecule has 242 valence electrons. The van der Waals surface area contributed by atoms with E-state index in [1.807, 2.05) is 13.8 Å². The molecule has 4 fully saturated rings. The average molecular weight is 608 g/mol. The molecule has 7 nitrogen and oxygen atoms in total. The molecule has 4 rings (SSSR count). The van der Waals surface area contributed by atoms with Gasteiger partial charge in [0.15, 0.2) is 6.10 Å². The molecule has 0 aliphatic heterocycles. The van der Waals surface area contributed by atoms with Gasteiger partial charge >= 0.3 is 11.9 Å². The number of esters is 1. The van der Waals surface area contributed by atoms with Crippen LogP contribution in [0, 0.1) is 50.2 Å². The summed E-state index contributed by atoms with van der Waals surface area (Å²) in [5.74, 6) is -8.69. The zero-order chi connectivity index (χ0) is 32.8. The first kappa shape index (κ1) is 33.7. The average Bonchev–Trinajstić information content (AvgIpc) is 3.18. The van der Waals surface area contributed by atoms with Gasteiger partial charge in [0.05, 0.1) is 0 Å². The summed E-state index contributed by atoms with van der Waals surface area (Å²) < 4.78 is 33.3. The lowest BCUT2D eigenvalue weighted by atomic mass is 9.27. The predicted molar refractivity (Wildman–Crippen MR) is 153 cm³/mol. The standard InChI is InChI=1S/C34H50F2O7/c1-19(2)26(34(35,36)27(41)42)43-25(40)11-10-20(3)22-13-15-30(6)32(22,8)23(38)18-31(7)29(5)14-12-21(37)16-28(29,4)17-24(39)33(30,31)9/h19-20,22,26H,10-18H2,1-9H3,(H,41,42)/p-1/t20?,22-,26?,28+,29+,30?,31-,32+,33+/m1/s1. The summed E-state index contributed by atoms with van der Waals surface area (Å²) >= 11 is 0. The normalized spacial score (nSPS) is 42.6. The maximum absolute atomic E-state index is 14.5. The molecule has 4 aliphatic rings. The van der Waals surface area contributed by atoms with Crippen molar-refractivity contribution < 1.29 is 42.6 Å². The number of Topliss-reactive ketones (excluding diaryl/α,β-unsaturated/α-hetero) is 3. The quantitative estimate of drug-likeness (QED) is 0.334. The number of carbonyl (C=O) groups is 5. The molecule has 0 aromatic rings. The Morgan fingerprint density at radius 2 is 1.51 bits per heavy atom. The third kappa shape index (κ3) is 4.17. The first-order valence-electron chi connectivity index (χ1n) is 15.9. The van der Waals surface area contributed by atoms with Crippen molar-refractivity contribution in [3.63, 3.8) is 0 Å². The van der Waals surface area contributed by atoms with E-state index >= 15 is 0 Å². The van der Waals surface area contributed by atoms with Crippen LogP contribution in [0.4, 0.5) is 8.78 Å². The highest BCUT2D eigenvalue weighted by Crippen LogP contribution is 2.82. The Morgan fingerprint density at radius 1 is 0.907 bits per heavy atom. The zero-order valence-electron chi connectivity index (χ0n) is 27.3. The third-order valence-electron chi connectivity index (χ3n) is 14.3. The lowest BCUT2D eigenvalue weighted by Gasteiger charge is -2.75. The summed E-state index contributed by atoms with van der Waals surface area (Å²) in [6.45, 7) is 17.1. The van der Waals surface area contributed by atoms with Gasteiger partial charge in [0.1, 0.15) is 23.3 Å². The number of hydrogen-bond donors (Lipinski definition) is 0. The number of carboxylic acids is 1. The van der Waals surface area contributed by atoms with Crippen LogP contribution in [0.1, 0.15) is 120 Å². The van der Waals surface area contributed by atoms with Gasteiger partial charge in [0.25, 0.3) is 0 Å². The van der Waals surface area contributed by atoms with Crippen molar-refractivity contribution in [1.29, 1.82) is 0 Å². The number of rotatable bonds is 8. The number of carboxylic acid groups (broad SMARTS) is 1. The summed E-state index contributed by atoms with van der Waals surface area (Å²) in [5.41, 5.74) is -3.86. The first-order chi connectivity index (χ1) is 19.5. The van der Waals surface area contributed by atoms with E-state index in [1.54, 1.807) is 0 Å². The lowest BCUT2D eigenvalue weighted by Crippen LogP contribution is -2.75. The highest BCUT2D eigenvalue weighted by atomic mass is 19.3. The summed E-state index contributed by atoms with van der Waals surface area (Å²) in [6, 6.07) is 0. The van der Waals surface area contributed by atoms with Gasteiger partial charge in [-0.3, -0.25) is 19.2 Å². The lowest BCUT2D eigenvalue weighted by molar-refractivity contribution is -0.337. The van der Waals surface area contributed by atoms with Gasteiger partial charge in [-0.25, -0.2) is 0 Å². The van der Waals surface area contributed by atoms with Gasteiger partial charge < -0.3 is 14.6 Å². The van der Waals surface area contributed by atoms with Crippen LogP contribution in [-0.2, 0) is 28.7 Å². The van der Waals surface area contributed by atoms with Crippen LogP contribution >= 0.6 is 0 Å². The van der Waals surface area contributed by atoms with E-state index in [-0.39, 0.29) is 53.9 Å². The molecule has 0 spiro atoms. The van der Waals surface area contributed by atoms with Crippen molar-refractivity contribution in [3.05, 3.63) is 0 Å². The van der Waals surface area contributed by atoms with Crippen LogP contribution in [0.15, 0.2) is 0 Å². The van der Waals surface area contributed by atoms with E-state index in [1.165, 1.54) is 13.8 Å². The van der Waals surface area contributed by atoms with E-state index in [0.717, 1.165) is 0 Å². The Labute approximate surface area is 254 Å². The van der Waals surface area contributed by atoms with Crippen LogP contribution in [-0.4, -0.2) is 41.3 Å². The summed E-state index contributed by atoms with van der Waals surface area (Å²) in [7, 11) is 0. The van der Waals surface area contributed by atoms with E-state index < -0.39 is 57.0 Å². The van der Waals surface area contributed by atoms with Gasteiger partial charge in [-0.05, 0) is 65.1 Å². The fourth-order valence-electron chi connectivity index (χ4n) is 10.8. The third-order valence-corrected chi connectivity index (χ3v) is 14.3. The molecular formula is C34H49F2O7-. The predicted octanol–water partition coefficient (Wildman–Crippen LogP) is 5.50. The number of aliphatic carboxylic acids is 1. The van der Waals surface area contributed by atoms with Crippen LogP contribution in [0.3, 0.4) is 0 Å². The van der Waals surface area contributed by atoms with Crippen LogP contribution < -0.4 is 5.11 Å². The van der Waals surface area contributed by atoms with E-state index in [4.69, 9.17) is 4.74 Å². The Hall–Kier alpha value is -2.19. The molecule has 4 aliphatic carbocycles. The Kier molecular flexibility index (Phi) is 7.96. The fourth-order valence-corrected chi connectivity index (χ4v) is 10.8. The number of fused-ring (bicyclic) bond motifs is 5. The van der Waals surface area contributed by atoms with Crippen LogP contribution in [0.5, 0.6) is 0 Å². The van der Waals surface area contributed by atoms with Crippen LogP contribution in [0.25, 0.3) is 0 Å². The molecule has 9 heteroatoms. The molecule has 0 amide bonds. The van der Waals surface area contributed by atoms with Crippen molar-refractivity contribution in [1.82, 2.24) is 0 Å². The van der Waals surface area contributed by atoms with Gasteiger partial charge in [-0.15, -0.1) is 0 Å². The molecule has 0 radical (unpaired) electrons. The molecule has 0 aromatic carbocycles. The molecular weight excluding hydrogens is 558 g/mol. The van der Waals surface area contributed by atoms with Crippen LogP contribution in [0.2, 0.25) is 0 Å². The number of carbonyl (C=O) groups excluding carboxylic acids is 5. The Morgan fingerprint density at radius 3 is 2.07 bits per heavy atom.